The highest BCUT2D eigenvalue weighted by molar-refractivity contribution is 6.46. The highest BCUT2D eigenvalue weighted by Gasteiger charge is 2.46. The predicted molar refractivity (Wildman–Crippen MR) is 101 cm³/mol. The van der Waals surface area contributed by atoms with Crippen molar-refractivity contribution in [3.8, 4) is 5.75 Å². The fourth-order valence-corrected chi connectivity index (χ4v) is 3.41. The first-order valence-corrected chi connectivity index (χ1v) is 8.71. The number of aromatic hydroxyl groups is 1. The fourth-order valence-electron chi connectivity index (χ4n) is 3.41. The number of phenols is 1. The van der Waals surface area contributed by atoms with Crippen LogP contribution in [0, 0.1) is 0 Å². The number of carbonyl (C=O) groups is 2. The van der Waals surface area contributed by atoms with Crippen LogP contribution in [-0.4, -0.2) is 26.8 Å². The van der Waals surface area contributed by atoms with Gasteiger partial charge in [0.15, 0.2) is 0 Å². The van der Waals surface area contributed by atoms with E-state index in [-0.39, 0.29) is 23.6 Å². The average Bonchev–Trinajstić information content (AvgIpc) is 3.30. The third-order valence-corrected chi connectivity index (χ3v) is 4.68. The normalized spacial score (nSPS) is 18.6. The van der Waals surface area contributed by atoms with Crippen LogP contribution in [0.2, 0.25) is 0 Å². The Kier molecular flexibility index (Phi) is 4.45. The summed E-state index contributed by atoms with van der Waals surface area (Å²) in [5.74, 6) is -1.26. The summed E-state index contributed by atoms with van der Waals surface area (Å²) < 4.78 is 5.33. The van der Waals surface area contributed by atoms with Gasteiger partial charge in [0.2, 0.25) is 0 Å². The summed E-state index contributed by atoms with van der Waals surface area (Å²) >= 11 is 0. The molecular formula is C22H17NO5. The first-order chi connectivity index (χ1) is 13.6. The van der Waals surface area contributed by atoms with Crippen LogP contribution in [0.1, 0.15) is 22.9 Å². The predicted octanol–water partition coefficient (Wildman–Crippen LogP) is 3.61. The summed E-state index contributed by atoms with van der Waals surface area (Å²) in [6.45, 7) is 0.0590. The van der Waals surface area contributed by atoms with Crippen LogP contribution in [0.3, 0.4) is 0 Å². The molecule has 0 unspecified atom stereocenters. The molecule has 3 aromatic rings. The van der Waals surface area contributed by atoms with E-state index < -0.39 is 17.7 Å². The van der Waals surface area contributed by atoms with Gasteiger partial charge in [-0.15, -0.1) is 0 Å². The van der Waals surface area contributed by atoms with Gasteiger partial charge in [-0.05, 0) is 29.8 Å². The van der Waals surface area contributed by atoms with E-state index in [2.05, 4.69) is 0 Å². The van der Waals surface area contributed by atoms with Crippen LogP contribution in [-0.2, 0) is 16.1 Å². The lowest BCUT2D eigenvalue weighted by Gasteiger charge is -2.24. The van der Waals surface area contributed by atoms with Crippen molar-refractivity contribution < 1.29 is 24.2 Å². The fraction of sp³-hybridized carbons (Fsp3) is 0.0909. The molecule has 1 aromatic heterocycles. The summed E-state index contributed by atoms with van der Waals surface area (Å²) in [5, 5.41) is 20.8. The number of hydrogen-bond acceptors (Lipinski definition) is 5. The number of amides is 1. The second-order valence-corrected chi connectivity index (χ2v) is 6.47. The van der Waals surface area contributed by atoms with Crippen molar-refractivity contribution in [2.75, 3.05) is 0 Å². The Hall–Kier alpha value is -3.80. The van der Waals surface area contributed by atoms with Crippen molar-refractivity contribution in [3.63, 3.8) is 0 Å². The zero-order valence-electron chi connectivity index (χ0n) is 14.8. The Balaban J connectivity index is 1.88. The van der Waals surface area contributed by atoms with Gasteiger partial charge in [0.05, 0.1) is 24.4 Å². The minimum Gasteiger partial charge on any atom is -0.508 e. The Labute approximate surface area is 161 Å². The molecular weight excluding hydrogens is 358 g/mol. The first-order valence-electron chi connectivity index (χ1n) is 8.71. The van der Waals surface area contributed by atoms with Crippen molar-refractivity contribution in [2.24, 2.45) is 0 Å². The summed E-state index contributed by atoms with van der Waals surface area (Å²) in [6, 6.07) is 17.4. The highest BCUT2D eigenvalue weighted by Crippen LogP contribution is 2.40. The number of likely N-dealkylation sites (tertiary alicyclic amines) is 1. The molecule has 1 aliphatic rings. The van der Waals surface area contributed by atoms with E-state index in [9.17, 15) is 19.8 Å². The van der Waals surface area contributed by atoms with E-state index in [1.165, 1.54) is 23.3 Å². The first kappa shape index (κ1) is 17.6. The SMILES string of the molecule is O=C1C(=O)N(Cc2ccco2)[C@@H](c2cccc(O)c2)C1=C(O)c1ccccc1. The van der Waals surface area contributed by atoms with Gasteiger partial charge in [-0.1, -0.05) is 42.5 Å². The molecule has 4 rings (SSSR count). The smallest absolute Gasteiger partial charge is 0.296 e. The van der Waals surface area contributed by atoms with E-state index in [4.69, 9.17) is 4.42 Å². The van der Waals surface area contributed by atoms with E-state index in [0.717, 1.165) is 0 Å². The van der Waals surface area contributed by atoms with Crippen LogP contribution >= 0.6 is 0 Å². The summed E-state index contributed by atoms with van der Waals surface area (Å²) in [6.07, 6.45) is 1.49. The number of Topliss-reactive ketones (excluding diaryl/α,β-unsaturated/α-hetero) is 1. The number of hydrogen-bond donors (Lipinski definition) is 2. The lowest BCUT2D eigenvalue weighted by molar-refractivity contribution is -0.140. The molecule has 0 radical (unpaired) electrons. The molecule has 6 heteroatoms. The van der Waals surface area contributed by atoms with Gasteiger partial charge in [-0.25, -0.2) is 0 Å². The number of carbonyl (C=O) groups excluding carboxylic acids is 2. The quantitative estimate of drug-likeness (QED) is 0.413. The number of ketones is 1. The lowest BCUT2D eigenvalue weighted by Crippen LogP contribution is -2.29. The van der Waals surface area contributed by atoms with Gasteiger partial charge in [-0.2, -0.15) is 0 Å². The minimum atomic E-state index is -0.850. The van der Waals surface area contributed by atoms with Crippen LogP contribution < -0.4 is 0 Å². The van der Waals surface area contributed by atoms with Crippen molar-refractivity contribution in [2.45, 2.75) is 12.6 Å². The minimum absolute atomic E-state index is 0.000738. The summed E-state index contributed by atoms with van der Waals surface area (Å²) in [4.78, 5) is 26.9. The van der Waals surface area contributed by atoms with Gasteiger partial charge >= 0.3 is 0 Å². The number of phenolic OH excluding ortho intramolecular Hbond substituents is 1. The molecule has 140 valence electrons. The van der Waals surface area contributed by atoms with Crippen LogP contribution in [0.4, 0.5) is 0 Å². The topological polar surface area (TPSA) is 91.0 Å². The number of aliphatic hydroxyl groups excluding tert-OH is 1. The molecule has 0 saturated carbocycles. The monoisotopic (exact) mass is 375 g/mol. The van der Waals surface area contributed by atoms with Gasteiger partial charge in [0, 0.05) is 5.56 Å². The molecule has 2 aromatic carbocycles. The van der Waals surface area contributed by atoms with Gasteiger partial charge in [0.1, 0.15) is 17.3 Å². The molecule has 2 N–H and O–H groups in total. The van der Waals surface area contributed by atoms with Crippen LogP contribution in [0.5, 0.6) is 5.75 Å². The Morgan fingerprint density at radius 3 is 2.46 bits per heavy atom. The van der Waals surface area contributed by atoms with Crippen LogP contribution in [0.15, 0.2) is 83.0 Å². The van der Waals surface area contributed by atoms with Crippen molar-refractivity contribution in [1.82, 2.24) is 4.90 Å². The molecule has 0 aliphatic carbocycles. The highest BCUT2D eigenvalue weighted by atomic mass is 16.3. The van der Waals surface area contributed by atoms with Gasteiger partial charge < -0.3 is 19.5 Å². The van der Waals surface area contributed by atoms with E-state index in [1.807, 2.05) is 0 Å². The molecule has 6 nitrogen and oxygen atoms in total. The number of aliphatic hydroxyl groups is 1. The molecule has 2 heterocycles. The molecule has 1 amide bonds. The second kappa shape index (κ2) is 7.08. The molecule has 1 saturated heterocycles. The summed E-state index contributed by atoms with van der Waals surface area (Å²) in [5.41, 5.74) is 0.931. The maximum absolute atomic E-state index is 12.8. The van der Waals surface area contributed by atoms with Crippen molar-refractivity contribution in [3.05, 3.63) is 95.5 Å². The molecule has 1 fully saturated rings. The second-order valence-electron chi connectivity index (χ2n) is 6.47. The molecule has 1 aliphatic heterocycles. The molecule has 0 spiro atoms. The van der Waals surface area contributed by atoms with Gasteiger partial charge in [-0.3, -0.25) is 9.59 Å². The largest absolute Gasteiger partial charge is 0.508 e. The Morgan fingerprint density at radius 1 is 1.00 bits per heavy atom. The van der Waals surface area contributed by atoms with Crippen LogP contribution in [0.25, 0.3) is 5.76 Å². The van der Waals surface area contributed by atoms with E-state index >= 15 is 0 Å². The maximum Gasteiger partial charge on any atom is 0.296 e. The number of rotatable bonds is 4. The standard InChI is InChI=1S/C22H17NO5/c24-16-9-4-8-15(12-16)19-18(20(25)14-6-2-1-3-7-14)21(26)22(27)23(19)13-17-10-5-11-28-17/h1-12,19,24-25H,13H2/t19-/m0/s1. The van der Waals surface area contributed by atoms with Gasteiger partial charge in [0.25, 0.3) is 11.7 Å². The van der Waals surface area contributed by atoms with E-state index in [0.29, 0.717) is 16.9 Å². The van der Waals surface area contributed by atoms with Crippen molar-refractivity contribution >= 4 is 17.4 Å². The number of benzene rings is 2. The number of nitrogens with zero attached hydrogens (tertiary/aromatic N) is 1. The lowest BCUT2D eigenvalue weighted by atomic mass is 9.95. The number of furan rings is 1. The third-order valence-electron chi connectivity index (χ3n) is 4.68. The summed E-state index contributed by atoms with van der Waals surface area (Å²) in [7, 11) is 0. The Morgan fingerprint density at radius 2 is 1.79 bits per heavy atom. The molecule has 1 atom stereocenters. The zero-order valence-corrected chi connectivity index (χ0v) is 14.8. The average molecular weight is 375 g/mol. The third kappa shape index (κ3) is 3.05. The zero-order chi connectivity index (χ0) is 19.7. The maximum atomic E-state index is 12.8. The Bertz CT molecular complexity index is 1050. The molecule has 28 heavy (non-hydrogen) atoms. The molecule has 0 bridgehead atoms. The van der Waals surface area contributed by atoms with E-state index in [1.54, 1.807) is 54.6 Å². The van der Waals surface area contributed by atoms with Crippen molar-refractivity contribution in [1.29, 1.82) is 0 Å².